The Balaban J connectivity index is 3.92. The Kier molecular flexibility index (Phi) is 6.21. The summed E-state index contributed by atoms with van der Waals surface area (Å²) in [6.07, 6.45) is -0.741. The highest BCUT2D eigenvalue weighted by Crippen LogP contribution is 2.09. The van der Waals surface area contributed by atoms with Gasteiger partial charge in [-0.05, 0) is 33.7 Å². The van der Waals surface area contributed by atoms with Gasteiger partial charge < -0.3 is 15.6 Å². The maximum absolute atomic E-state index is 11.3. The van der Waals surface area contributed by atoms with Gasteiger partial charge in [0.2, 0.25) is 0 Å². The fraction of sp³-hybridized carbons (Fsp3) is 0.818. The summed E-state index contributed by atoms with van der Waals surface area (Å²) < 4.78 is 4.98. The number of aliphatic hydroxyl groups is 1. The molecule has 0 heterocycles. The lowest BCUT2D eigenvalue weighted by Crippen LogP contribution is -2.26. The predicted octanol–water partition coefficient (Wildman–Crippen LogP) is 0.387. The first kappa shape index (κ1) is 15.1. The minimum absolute atomic E-state index is 0.0452. The molecule has 1 atom stereocenters. The normalized spacial score (nSPS) is 13.3. The summed E-state index contributed by atoms with van der Waals surface area (Å²) in [5.74, 6) is -0.882. The average Bonchev–Trinajstić information content (AvgIpc) is 1.98. The molecule has 0 spiro atoms. The Morgan fingerprint density at radius 2 is 1.94 bits per heavy atom. The van der Waals surface area contributed by atoms with E-state index in [1.54, 1.807) is 20.8 Å². The van der Waals surface area contributed by atoms with Crippen molar-refractivity contribution in [2.24, 2.45) is 5.73 Å². The number of hydrogen-bond acceptors (Lipinski definition) is 5. The van der Waals surface area contributed by atoms with E-state index < -0.39 is 17.7 Å². The Labute approximate surface area is 96.0 Å². The lowest BCUT2D eigenvalue weighted by Gasteiger charge is -2.19. The van der Waals surface area contributed by atoms with E-state index in [1.807, 2.05) is 0 Å². The van der Waals surface area contributed by atoms with Gasteiger partial charge >= 0.3 is 5.97 Å². The second-order valence-electron chi connectivity index (χ2n) is 4.74. The molecule has 5 nitrogen and oxygen atoms in total. The zero-order valence-electron chi connectivity index (χ0n) is 10.2. The predicted molar refractivity (Wildman–Crippen MR) is 59.8 cm³/mol. The number of ketones is 1. The number of ether oxygens (including phenoxy) is 1. The molecule has 16 heavy (non-hydrogen) atoms. The van der Waals surface area contributed by atoms with E-state index in [2.05, 4.69) is 0 Å². The number of hydrogen-bond donors (Lipinski definition) is 2. The van der Waals surface area contributed by atoms with Crippen LogP contribution in [0, 0.1) is 0 Å². The number of Topliss-reactive ketones (excluding diaryl/α,β-unsaturated/α-hetero) is 1. The Bertz CT molecular complexity index is 245. The minimum atomic E-state index is -0.764. The van der Waals surface area contributed by atoms with E-state index in [9.17, 15) is 14.7 Å². The molecule has 0 aliphatic heterocycles. The van der Waals surface area contributed by atoms with Gasteiger partial charge in [-0.25, -0.2) is 0 Å². The molecular formula is C11H21NO4. The highest BCUT2D eigenvalue weighted by molar-refractivity contribution is 5.95. The van der Waals surface area contributed by atoms with Crippen LogP contribution in [-0.4, -0.2) is 35.1 Å². The van der Waals surface area contributed by atoms with Crippen LogP contribution in [0.15, 0.2) is 0 Å². The van der Waals surface area contributed by atoms with Crippen LogP contribution in [0.2, 0.25) is 0 Å². The van der Waals surface area contributed by atoms with Crippen LogP contribution in [0.1, 0.15) is 40.0 Å². The summed E-state index contributed by atoms with van der Waals surface area (Å²) in [6, 6.07) is 0. The number of rotatable bonds is 6. The van der Waals surface area contributed by atoms with E-state index in [1.165, 1.54) is 0 Å². The maximum atomic E-state index is 11.3. The van der Waals surface area contributed by atoms with Crippen molar-refractivity contribution in [3.63, 3.8) is 0 Å². The first-order valence-electron chi connectivity index (χ1n) is 5.36. The topological polar surface area (TPSA) is 89.6 Å². The molecule has 0 rings (SSSR count). The van der Waals surface area contributed by atoms with E-state index in [0.717, 1.165) is 0 Å². The monoisotopic (exact) mass is 231 g/mol. The minimum Gasteiger partial charge on any atom is -0.460 e. The van der Waals surface area contributed by atoms with Gasteiger partial charge in [-0.2, -0.15) is 0 Å². The van der Waals surface area contributed by atoms with Gasteiger partial charge in [0, 0.05) is 6.42 Å². The SMILES string of the molecule is CC(C)(C)OC(=O)CC(=O)C[C@H](O)CCN. The molecule has 0 fully saturated rings. The van der Waals surface area contributed by atoms with E-state index >= 15 is 0 Å². The third-order valence-electron chi connectivity index (χ3n) is 1.72. The average molecular weight is 231 g/mol. The smallest absolute Gasteiger partial charge is 0.313 e. The van der Waals surface area contributed by atoms with E-state index in [0.29, 0.717) is 13.0 Å². The molecule has 0 saturated carbocycles. The second-order valence-corrected chi connectivity index (χ2v) is 4.74. The molecule has 0 bridgehead atoms. The number of carbonyl (C=O) groups is 2. The van der Waals surface area contributed by atoms with Crippen LogP contribution in [0.25, 0.3) is 0 Å². The second kappa shape index (κ2) is 6.60. The summed E-state index contributed by atoms with van der Waals surface area (Å²) in [5.41, 5.74) is 4.64. The molecule has 0 aliphatic rings. The lowest BCUT2D eigenvalue weighted by molar-refractivity contribution is -0.156. The Morgan fingerprint density at radius 1 is 1.38 bits per heavy atom. The van der Waals surface area contributed by atoms with Crippen LogP contribution in [0.5, 0.6) is 0 Å². The van der Waals surface area contributed by atoms with Crippen molar-refractivity contribution in [3.05, 3.63) is 0 Å². The van der Waals surface area contributed by atoms with Gasteiger partial charge in [-0.3, -0.25) is 9.59 Å². The number of nitrogens with two attached hydrogens (primary N) is 1. The van der Waals surface area contributed by atoms with Gasteiger partial charge in [0.15, 0.2) is 0 Å². The quantitative estimate of drug-likeness (QED) is 0.509. The number of carbonyl (C=O) groups excluding carboxylic acids is 2. The van der Waals surface area contributed by atoms with Gasteiger partial charge in [-0.15, -0.1) is 0 Å². The van der Waals surface area contributed by atoms with Crippen molar-refractivity contribution in [3.8, 4) is 0 Å². The molecule has 0 radical (unpaired) electrons. The molecule has 94 valence electrons. The number of esters is 1. The van der Waals surface area contributed by atoms with Gasteiger partial charge in [0.1, 0.15) is 17.8 Å². The lowest BCUT2D eigenvalue weighted by atomic mass is 10.1. The highest BCUT2D eigenvalue weighted by Gasteiger charge is 2.20. The molecule has 0 aromatic rings. The van der Waals surface area contributed by atoms with Crippen LogP contribution in [-0.2, 0) is 14.3 Å². The molecular weight excluding hydrogens is 210 g/mol. The molecule has 0 aromatic carbocycles. The molecule has 0 unspecified atom stereocenters. The first-order chi connectivity index (χ1) is 7.24. The molecule has 3 N–H and O–H groups in total. The Hall–Kier alpha value is -0.940. The fourth-order valence-corrected chi connectivity index (χ4v) is 1.17. The standard InChI is InChI=1S/C11H21NO4/c1-11(2,3)16-10(15)7-9(14)6-8(13)4-5-12/h8,13H,4-7,12H2,1-3H3/t8-/m1/s1. The molecule has 0 saturated heterocycles. The third-order valence-corrected chi connectivity index (χ3v) is 1.72. The first-order valence-corrected chi connectivity index (χ1v) is 5.36. The summed E-state index contributed by atoms with van der Waals surface area (Å²) in [4.78, 5) is 22.6. The molecule has 0 aliphatic carbocycles. The summed E-state index contributed by atoms with van der Waals surface area (Å²) >= 11 is 0. The summed E-state index contributed by atoms with van der Waals surface area (Å²) in [5, 5.41) is 9.31. The largest absolute Gasteiger partial charge is 0.460 e. The van der Waals surface area contributed by atoms with Crippen molar-refractivity contribution >= 4 is 11.8 Å². The molecule has 0 aromatic heterocycles. The zero-order chi connectivity index (χ0) is 12.8. The van der Waals surface area contributed by atoms with E-state index in [-0.39, 0.29) is 18.6 Å². The molecule has 5 heteroatoms. The van der Waals surface area contributed by atoms with Crippen LogP contribution < -0.4 is 5.73 Å². The van der Waals surface area contributed by atoms with Crippen LogP contribution in [0.3, 0.4) is 0 Å². The van der Waals surface area contributed by atoms with Crippen molar-refractivity contribution in [2.45, 2.75) is 51.7 Å². The van der Waals surface area contributed by atoms with Gasteiger partial charge in [-0.1, -0.05) is 0 Å². The fourth-order valence-electron chi connectivity index (χ4n) is 1.17. The van der Waals surface area contributed by atoms with Crippen molar-refractivity contribution < 1.29 is 19.4 Å². The van der Waals surface area contributed by atoms with Crippen molar-refractivity contribution in [2.75, 3.05) is 6.54 Å². The maximum Gasteiger partial charge on any atom is 0.313 e. The summed E-state index contributed by atoms with van der Waals surface area (Å²) in [7, 11) is 0. The van der Waals surface area contributed by atoms with Gasteiger partial charge in [0.25, 0.3) is 0 Å². The Morgan fingerprint density at radius 3 is 2.38 bits per heavy atom. The van der Waals surface area contributed by atoms with Crippen molar-refractivity contribution in [1.29, 1.82) is 0 Å². The van der Waals surface area contributed by atoms with Crippen LogP contribution in [0.4, 0.5) is 0 Å². The zero-order valence-corrected chi connectivity index (χ0v) is 10.2. The molecule has 0 amide bonds. The summed E-state index contributed by atoms with van der Waals surface area (Å²) in [6.45, 7) is 5.52. The highest BCUT2D eigenvalue weighted by atomic mass is 16.6. The van der Waals surface area contributed by atoms with Gasteiger partial charge in [0.05, 0.1) is 6.10 Å². The van der Waals surface area contributed by atoms with E-state index in [4.69, 9.17) is 10.5 Å². The van der Waals surface area contributed by atoms with Crippen molar-refractivity contribution in [1.82, 2.24) is 0 Å². The van der Waals surface area contributed by atoms with Crippen LogP contribution >= 0.6 is 0 Å². The number of aliphatic hydroxyl groups excluding tert-OH is 1. The third kappa shape index (κ3) is 8.38.